The molecule has 0 saturated carbocycles. The number of pyridine rings is 1. The van der Waals surface area contributed by atoms with E-state index in [9.17, 15) is 9.90 Å². The highest BCUT2D eigenvalue weighted by molar-refractivity contribution is 6.42. The van der Waals surface area contributed by atoms with Crippen LogP contribution in [0.4, 0.5) is 5.69 Å². The van der Waals surface area contributed by atoms with Gasteiger partial charge in [-0.25, -0.2) is 0 Å². The molecule has 1 amide bonds. The van der Waals surface area contributed by atoms with Gasteiger partial charge < -0.3 is 15.0 Å². The molecule has 5 nitrogen and oxygen atoms in total. The van der Waals surface area contributed by atoms with Crippen LogP contribution in [0.1, 0.15) is 16.1 Å². The van der Waals surface area contributed by atoms with E-state index >= 15 is 0 Å². The van der Waals surface area contributed by atoms with Gasteiger partial charge >= 0.3 is 0 Å². The zero-order valence-electron chi connectivity index (χ0n) is 10.0. The summed E-state index contributed by atoms with van der Waals surface area (Å²) in [6.07, 6.45) is 3.01. The van der Waals surface area contributed by atoms with Gasteiger partial charge in [-0.05, 0) is 12.1 Å². The topological polar surface area (TPSA) is 67.2 Å². The molecule has 19 heavy (non-hydrogen) atoms. The fraction of sp³-hybridized carbons (Fsp3) is 0.167. The molecule has 0 aliphatic heterocycles. The number of aromatic nitrogens is 2. The van der Waals surface area contributed by atoms with Gasteiger partial charge in [0.05, 0.1) is 23.5 Å². The number of carbonyl (C=O) groups is 1. The van der Waals surface area contributed by atoms with Crippen LogP contribution in [0.25, 0.3) is 0 Å². The summed E-state index contributed by atoms with van der Waals surface area (Å²) in [7, 11) is 1.64. The maximum atomic E-state index is 12.1. The number of halogens is 2. The lowest BCUT2D eigenvalue weighted by Gasteiger charge is -2.09. The predicted octanol–water partition coefficient (Wildman–Crippen LogP) is 2.47. The Morgan fingerprint density at radius 1 is 1.53 bits per heavy atom. The number of aliphatic hydroxyl groups is 1. The first-order valence-corrected chi connectivity index (χ1v) is 6.16. The molecular weight excluding hydrogens is 289 g/mol. The summed E-state index contributed by atoms with van der Waals surface area (Å²) in [5, 5.41) is 12.4. The second-order valence-corrected chi connectivity index (χ2v) is 4.64. The van der Waals surface area contributed by atoms with Crippen molar-refractivity contribution in [3.8, 4) is 0 Å². The molecule has 2 aromatic rings. The van der Waals surface area contributed by atoms with Crippen LogP contribution in [0.2, 0.25) is 10.2 Å². The highest BCUT2D eigenvalue weighted by Gasteiger charge is 2.16. The molecule has 0 aliphatic rings. The van der Waals surface area contributed by atoms with E-state index in [1.807, 2.05) is 0 Å². The predicted molar refractivity (Wildman–Crippen MR) is 73.5 cm³/mol. The molecular formula is C12H11Cl2N3O2. The van der Waals surface area contributed by atoms with Crippen LogP contribution >= 0.6 is 23.2 Å². The number of nitrogens with one attached hydrogen (secondary N) is 1. The Hall–Kier alpha value is -1.56. The van der Waals surface area contributed by atoms with Crippen molar-refractivity contribution in [3.63, 3.8) is 0 Å². The standard InChI is InChI=1S/C12H11Cl2N3O2/c1-17-10(4-8(13)11(17)14)12(19)16-9-5-15-3-2-7(9)6-18/h2-5,18H,6H2,1H3,(H,16,19). The zero-order valence-corrected chi connectivity index (χ0v) is 11.5. The van der Waals surface area contributed by atoms with Crippen molar-refractivity contribution in [2.45, 2.75) is 6.61 Å². The van der Waals surface area contributed by atoms with E-state index in [0.29, 0.717) is 27.1 Å². The molecule has 0 saturated heterocycles. The molecule has 0 radical (unpaired) electrons. The first-order chi connectivity index (χ1) is 9.04. The minimum absolute atomic E-state index is 0.188. The Morgan fingerprint density at radius 2 is 2.26 bits per heavy atom. The third kappa shape index (κ3) is 2.73. The van der Waals surface area contributed by atoms with Crippen molar-refractivity contribution in [2.75, 3.05) is 5.32 Å². The van der Waals surface area contributed by atoms with Crippen LogP contribution in [0.5, 0.6) is 0 Å². The number of carbonyl (C=O) groups excluding carboxylic acids is 1. The second kappa shape index (κ2) is 5.61. The molecule has 0 unspecified atom stereocenters. The maximum Gasteiger partial charge on any atom is 0.272 e. The van der Waals surface area contributed by atoms with E-state index in [0.717, 1.165) is 0 Å². The lowest BCUT2D eigenvalue weighted by Crippen LogP contribution is -2.16. The summed E-state index contributed by atoms with van der Waals surface area (Å²) in [5.41, 5.74) is 1.35. The van der Waals surface area contributed by atoms with Crippen molar-refractivity contribution >= 4 is 34.8 Å². The van der Waals surface area contributed by atoms with Gasteiger partial charge in [0.1, 0.15) is 10.8 Å². The van der Waals surface area contributed by atoms with Gasteiger partial charge in [-0.3, -0.25) is 9.78 Å². The Balaban J connectivity index is 2.28. The van der Waals surface area contributed by atoms with E-state index in [4.69, 9.17) is 23.2 Å². The minimum atomic E-state index is -0.376. The Labute approximate surface area is 119 Å². The van der Waals surface area contributed by atoms with Crippen molar-refractivity contribution in [1.29, 1.82) is 0 Å². The molecule has 0 spiro atoms. The number of hydrogen-bond donors (Lipinski definition) is 2. The molecule has 2 heterocycles. The monoisotopic (exact) mass is 299 g/mol. The lowest BCUT2D eigenvalue weighted by molar-refractivity contribution is 0.101. The maximum absolute atomic E-state index is 12.1. The molecule has 0 atom stereocenters. The van der Waals surface area contributed by atoms with Crippen LogP contribution < -0.4 is 5.32 Å². The normalized spacial score (nSPS) is 10.5. The van der Waals surface area contributed by atoms with Gasteiger partial charge in [-0.15, -0.1) is 0 Å². The Bertz CT molecular complexity index is 625. The minimum Gasteiger partial charge on any atom is -0.392 e. The van der Waals surface area contributed by atoms with Crippen LogP contribution in [0, 0.1) is 0 Å². The van der Waals surface area contributed by atoms with Crippen molar-refractivity contribution in [1.82, 2.24) is 9.55 Å². The SMILES string of the molecule is Cn1c(C(=O)Nc2cnccc2CO)cc(Cl)c1Cl. The molecule has 2 N–H and O–H groups in total. The number of amides is 1. The average Bonchev–Trinajstić information content (AvgIpc) is 2.67. The van der Waals surface area contributed by atoms with Crippen molar-refractivity contribution in [3.05, 3.63) is 46.0 Å². The van der Waals surface area contributed by atoms with E-state index in [-0.39, 0.29) is 12.5 Å². The molecule has 2 aromatic heterocycles. The van der Waals surface area contributed by atoms with E-state index < -0.39 is 0 Å². The fourth-order valence-electron chi connectivity index (χ4n) is 1.62. The van der Waals surface area contributed by atoms with Gasteiger partial charge in [0.15, 0.2) is 0 Å². The summed E-state index contributed by atoms with van der Waals surface area (Å²) in [4.78, 5) is 16.0. The molecule has 0 fully saturated rings. The molecule has 7 heteroatoms. The van der Waals surface area contributed by atoms with Gasteiger partial charge in [0, 0.05) is 18.8 Å². The molecule has 0 bridgehead atoms. The first-order valence-electron chi connectivity index (χ1n) is 5.40. The van der Waals surface area contributed by atoms with Crippen molar-refractivity contribution < 1.29 is 9.90 Å². The second-order valence-electron chi connectivity index (χ2n) is 3.87. The summed E-state index contributed by atoms with van der Waals surface area (Å²) < 4.78 is 1.48. The van der Waals surface area contributed by atoms with E-state index in [2.05, 4.69) is 10.3 Å². The third-order valence-corrected chi connectivity index (χ3v) is 3.52. The number of rotatable bonds is 3. The smallest absolute Gasteiger partial charge is 0.272 e. The van der Waals surface area contributed by atoms with Crippen LogP contribution in [-0.2, 0) is 13.7 Å². The number of hydrogen-bond acceptors (Lipinski definition) is 3. The summed E-state index contributed by atoms with van der Waals surface area (Å²) in [6, 6.07) is 3.11. The van der Waals surface area contributed by atoms with Gasteiger partial charge in [-0.1, -0.05) is 23.2 Å². The molecule has 0 aliphatic carbocycles. The van der Waals surface area contributed by atoms with Gasteiger partial charge in [0.25, 0.3) is 5.91 Å². The van der Waals surface area contributed by atoms with Gasteiger partial charge in [-0.2, -0.15) is 0 Å². The van der Waals surface area contributed by atoms with Gasteiger partial charge in [0.2, 0.25) is 0 Å². The summed E-state index contributed by atoms with van der Waals surface area (Å²) >= 11 is 11.8. The highest BCUT2D eigenvalue weighted by Crippen LogP contribution is 2.26. The Kier molecular flexibility index (Phi) is 4.09. The quantitative estimate of drug-likeness (QED) is 0.915. The molecule has 2 rings (SSSR count). The lowest BCUT2D eigenvalue weighted by atomic mass is 10.2. The van der Waals surface area contributed by atoms with Crippen LogP contribution in [0.3, 0.4) is 0 Å². The largest absolute Gasteiger partial charge is 0.392 e. The van der Waals surface area contributed by atoms with E-state index in [1.165, 1.54) is 23.0 Å². The van der Waals surface area contributed by atoms with E-state index in [1.54, 1.807) is 13.1 Å². The number of anilines is 1. The summed E-state index contributed by atoms with van der Waals surface area (Å²) in [5.74, 6) is -0.376. The molecule has 0 aromatic carbocycles. The van der Waals surface area contributed by atoms with Crippen molar-refractivity contribution in [2.24, 2.45) is 7.05 Å². The van der Waals surface area contributed by atoms with Crippen LogP contribution in [-0.4, -0.2) is 20.6 Å². The number of aliphatic hydroxyl groups excluding tert-OH is 1. The average molecular weight is 300 g/mol. The zero-order chi connectivity index (χ0) is 14.0. The fourth-order valence-corrected chi connectivity index (χ4v) is 2.00. The highest BCUT2D eigenvalue weighted by atomic mass is 35.5. The molecule has 100 valence electrons. The summed E-state index contributed by atoms with van der Waals surface area (Å²) in [6.45, 7) is -0.188. The third-order valence-electron chi connectivity index (χ3n) is 2.68. The van der Waals surface area contributed by atoms with Crippen LogP contribution in [0.15, 0.2) is 24.5 Å². The first kappa shape index (κ1) is 13.9. The Morgan fingerprint density at radius 3 is 2.84 bits per heavy atom. The number of nitrogens with zero attached hydrogens (tertiary/aromatic N) is 2.